The Balaban J connectivity index is 1.92. The molecule has 0 amide bonds. The quantitative estimate of drug-likeness (QED) is 0.293. The van der Waals surface area contributed by atoms with Crippen LogP contribution in [0, 0.1) is 0 Å². The van der Waals surface area contributed by atoms with E-state index in [-0.39, 0.29) is 26.4 Å². The maximum atomic E-state index is 10.5. The fourth-order valence-electron chi connectivity index (χ4n) is 2.73. The van der Waals surface area contributed by atoms with Gasteiger partial charge in [0.2, 0.25) is 0 Å². The van der Waals surface area contributed by atoms with E-state index in [9.17, 15) is 10.2 Å². The zero-order valence-corrected chi connectivity index (χ0v) is 16.3. The largest absolute Gasteiger partial charge is 0.390 e. The van der Waals surface area contributed by atoms with E-state index in [0.29, 0.717) is 0 Å². The summed E-state index contributed by atoms with van der Waals surface area (Å²) in [5.74, 6) is 0. The molecule has 0 aliphatic rings. The van der Waals surface area contributed by atoms with Crippen molar-refractivity contribution in [3.05, 3.63) is 92.7 Å². The van der Waals surface area contributed by atoms with Gasteiger partial charge in [-0.3, -0.25) is 0 Å². The van der Waals surface area contributed by atoms with Crippen molar-refractivity contribution >= 4 is 0 Å². The van der Waals surface area contributed by atoms with Crippen molar-refractivity contribution in [2.24, 2.45) is 10.2 Å². The summed E-state index contributed by atoms with van der Waals surface area (Å²) in [6.45, 7) is 0.262. The van der Waals surface area contributed by atoms with Gasteiger partial charge in [-0.15, -0.1) is 0 Å². The van der Waals surface area contributed by atoms with Crippen molar-refractivity contribution in [3.8, 4) is 0 Å². The number of hydrogen-bond donors (Lipinski definition) is 2. The monoisotopic (exact) mass is 412 g/mol. The van der Waals surface area contributed by atoms with E-state index in [1.165, 1.54) is 0 Å². The lowest BCUT2D eigenvalue weighted by Crippen LogP contribution is -2.46. The maximum absolute atomic E-state index is 10.5. The van der Waals surface area contributed by atoms with Gasteiger partial charge in [0.15, 0.2) is 0 Å². The number of nitrogens with zero attached hydrogens (tertiary/aromatic N) is 6. The summed E-state index contributed by atoms with van der Waals surface area (Å²) in [6, 6.07) is 16.5. The molecule has 4 atom stereocenters. The van der Waals surface area contributed by atoms with E-state index in [0.717, 1.165) is 11.1 Å². The molecule has 158 valence electrons. The molecule has 0 unspecified atom stereocenters. The van der Waals surface area contributed by atoms with Gasteiger partial charge >= 0.3 is 0 Å². The molecule has 2 aromatic carbocycles. The third-order valence-electron chi connectivity index (χ3n) is 4.34. The average Bonchev–Trinajstić information content (AvgIpc) is 2.78. The van der Waals surface area contributed by atoms with E-state index in [4.69, 9.17) is 20.5 Å². The minimum atomic E-state index is -1.51. The number of hydrogen-bond acceptors (Lipinski definition) is 6. The Hall–Kier alpha value is -3.10. The van der Waals surface area contributed by atoms with Crippen LogP contribution in [-0.2, 0) is 22.7 Å². The third kappa shape index (κ3) is 7.73. The Kier molecular flexibility index (Phi) is 10.2. The normalized spacial score (nSPS) is 14.6. The highest BCUT2D eigenvalue weighted by molar-refractivity contribution is 5.14. The molecule has 0 heterocycles. The highest BCUT2D eigenvalue weighted by Gasteiger charge is 2.32. The van der Waals surface area contributed by atoms with Gasteiger partial charge in [-0.05, 0) is 22.2 Å². The van der Waals surface area contributed by atoms with Crippen molar-refractivity contribution in [1.82, 2.24) is 0 Å². The molecule has 0 aromatic heterocycles. The smallest absolute Gasteiger partial charge is 0.0911 e. The van der Waals surface area contributed by atoms with Crippen LogP contribution in [-0.4, -0.2) is 47.7 Å². The third-order valence-corrected chi connectivity index (χ3v) is 4.34. The second-order valence-corrected chi connectivity index (χ2v) is 6.53. The number of rotatable bonds is 13. The summed E-state index contributed by atoms with van der Waals surface area (Å²) in [7, 11) is 0. The van der Waals surface area contributed by atoms with E-state index >= 15 is 0 Å². The summed E-state index contributed by atoms with van der Waals surface area (Å²) in [5, 5.41) is 28.0. The molecule has 0 saturated carbocycles. The van der Waals surface area contributed by atoms with Gasteiger partial charge in [0.05, 0.1) is 50.7 Å². The number of aliphatic hydroxyl groups is 2. The summed E-state index contributed by atoms with van der Waals surface area (Å²) < 4.78 is 11.0. The first-order valence-corrected chi connectivity index (χ1v) is 9.33. The van der Waals surface area contributed by atoms with E-state index in [1.54, 1.807) is 0 Å². The molecular formula is C20H24N6O4. The summed E-state index contributed by atoms with van der Waals surface area (Å²) in [6.07, 6.45) is -3.01. The van der Waals surface area contributed by atoms with Crippen LogP contribution in [0.2, 0.25) is 0 Å². The Morgan fingerprint density at radius 2 is 1.07 bits per heavy atom. The number of benzene rings is 2. The SMILES string of the molecule is [N-]=[N+]=N[C@@H](COCc1ccccc1)[C@@H](O)[C@H](O)[C@H](COCc1ccccc1)N=[N+]=[N-]. The van der Waals surface area contributed by atoms with Gasteiger partial charge in [0.1, 0.15) is 0 Å². The van der Waals surface area contributed by atoms with Crippen molar-refractivity contribution in [1.29, 1.82) is 0 Å². The van der Waals surface area contributed by atoms with Crippen LogP contribution in [0.25, 0.3) is 20.9 Å². The zero-order chi connectivity index (χ0) is 21.6. The lowest BCUT2D eigenvalue weighted by Gasteiger charge is -2.27. The molecule has 0 fully saturated rings. The first-order chi connectivity index (χ1) is 14.7. The lowest BCUT2D eigenvalue weighted by molar-refractivity contribution is -0.0453. The highest BCUT2D eigenvalue weighted by Crippen LogP contribution is 2.14. The van der Waals surface area contributed by atoms with Crippen LogP contribution in [0.3, 0.4) is 0 Å². The lowest BCUT2D eigenvalue weighted by atomic mass is 10.0. The predicted molar refractivity (Wildman–Crippen MR) is 110 cm³/mol. The van der Waals surface area contributed by atoms with Crippen LogP contribution < -0.4 is 0 Å². The molecule has 0 radical (unpaired) electrons. The fourth-order valence-corrected chi connectivity index (χ4v) is 2.73. The Bertz CT molecular complexity index is 769. The summed E-state index contributed by atoms with van der Waals surface area (Å²) in [5.41, 5.74) is 19.4. The van der Waals surface area contributed by atoms with E-state index in [1.807, 2.05) is 60.7 Å². The van der Waals surface area contributed by atoms with Crippen LogP contribution >= 0.6 is 0 Å². The minimum Gasteiger partial charge on any atom is -0.390 e. The molecular weight excluding hydrogens is 388 g/mol. The molecule has 10 heteroatoms. The minimum absolute atomic E-state index is 0.120. The van der Waals surface area contributed by atoms with Crippen molar-refractivity contribution in [2.45, 2.75) is 37.5 Å². The first kappa shape index (κ1) is 23.2. The maximum Gasteiger partial charge on any atom is 0.0911 e. The summed E-state index contributed by atoms with van der Waals surface area (Å²) in [4.78, 5) is 5.42. The Morgan fingerprint density at radius 3 is 1.40 bits per heavy atom. The molecule has 30 heavy (non-hydrogen) atoms. The van der Waals surface area contributed by atoms with Crippen molar-refractivity contribution in [3.63, 3.8) is 0 Å². The van der Waals surface area contributed by atoms with Gasteiger partial charge in [-0.2, -0.15) is 0 Å². The number of azide groups is 2. The Labute approximate surface area is 173 Å². The average molecular weight is 412 g/mol. The fraction of sp³-hybridized carbons (Fsp3) is 0.400. The van der Waals surface area contributed by atoms with Gasteiger partial charge in [0, 0.05) is 9.82 Å². The van der Waals surface area contributed by atoms with E-state index in [2.05, 4.69) is 20.1 Å². The first-order valence-electron chi connectivity index (χ1n) is 9.33. The van der Waals surface area contributed by atoms with Gasteiger partial charge in [0.25, 0.3) is 0 Å². The zero-order valence-electron chi connectivity index (χ0n) is 16.3. The Morgan fingerprint density at radius 1 is 0.700 bits per heavy atom. The van der Waals surface area contributed by atoms with Crippen LogP contribution in [0.5, 0.6) is 0 Å². The molecule has 0 spiro atoms. The van der Waals surface area contributed by atoms with Crippen LogP contribution in [0.15, 0.2) is 70.9 Å². The van der Waals surface area contributed by atoms with Crippen molar-refractivity contribution < 1.29 is 19.7 Å². The highest BCUT2D eigenvalue weighted by atomic mass is 16.5. The molecule has 0 aliphatic carbocycles. The van der Waals surface area contributed by atoms with Gasteiger partial charge in [-0.25, -0.2) is 0 Å². The van der Waals surface area contributed by atoms with Crippen LogP contribution in [0.1, 0.15) is 11.1 Å². The van der Waals surface area contributed by atoms with Crippen molar-refractivity contribution in [2.75, 3.05) is 13.2 Å². The van der Waals surface area contributed by atoms with Gasteiger partial charge in [-0.1, -0.05) is 70.9 Å². The predicted octanol–water partition coefficient (Wildman–Crippen LogP) is 3.50. The van der Waals surface area contributed by atoms with E-state index < -0.39 is 24.3 Å². The molecule has 2 N–H and O–H groups in total. The summed E-state index contributed by atoms with van der Waals surface area (Å²) >= 11 is 0. The molecule has 10 nitrogen and oxygen atoms in total. The standard InChI is InChI=1S/C20H24N6O4/c21-25-23-17(13-29-11-15-7-3-1-4-8-15)19(27)20(28)18(24-26-22)14-30-12-16-9-5-2-6-10-16/h1-10,17-20,27-28H,11-14H2/t17-,18-,19+,20+/m0/s1. The number of aliphatic hydroxyl groups excluding tert-OH is 2. The second kappa shape index (κ2) is 13.2. The molecule has 2 aromatic rings. The topological polar surface area (TPSA) is 156 Å². The number of ether oxygens (including phenoxy) is 2. The molecule has 0 bridgehead atoms. The molecule has 0 saturated heterocycles. The van der Waals surface area contributed by atoms with Crippen LogP contribution in [0.4, 0.5) is 0 Å². The second-order valence-electron chi connectivity index (χ2n) is 6.53. The molecule has 2 rings (SSSR count). The molecule has 0 aliphatic heterocycles. The van der Waals surface area contributed by atoms with Gasteiger partial charge < -0.3 is 19.7 Å².